The highest BCUT2D eigenvalue weighted by atomic mass is 16.7. The monoisotopic (exact) mass is 1090 g/mol. The molecule has 77 heavy (non-hydrogen) atoms. The molecule has 0 aromatic heterocycles. The minimum absolute atomic E-state index is 0.0446. The fourth-order valence-corrected chi connectivity index (χ4v) is 9.45. The molecule has 6 atom stereocenters. The molecule has 0 aliphatic carbocycles. The molecule has 6 unspecified atom stereocenters. The molecule has 0 spiro atoms. The number of carbonyl (C=O) groups excluding carboxylic acids is 3. The van der Waals surface area contributed by atoms with Gasteiger partial charge in [-0.25, -0.2) is 4.79 Å². The first kappa shape index (κ1) is 71.7. The molecule has 0 radical (unpaired) electrons. The lowest BCUT2D eigenvalue weighted by Gasteiger charge is -2.40. The lowest BCUT2D eigenvalue weighted by Crippen LogP contribution is -2.61. The Hall–Kier alpha value is -3.32. The molecule has 12 nitrogen and oxygen atoms in total. The number of aliphatic hydroxyl groups excluding tert-OH is 2. The maximum atomic E-state index is 13.2. The molecule has 1 saturated heterocycles. The van der Waals surface area contributed by atoms with E-state index in [4.69, 9.17) is 23.7 Å². The predicted molar refractivity (Wildman–Crippen MR) is 312 cm³/mol. The number of rotatable bonds is 54. The second-order valence-corrected chi connectivity index (χ2v) is 21.7. The number of hydrogen-bond donors (Lipinski definition) is 3. The van der Waals surface area contributed by atoms with E-state index in [2.05, 4.69) is 69.4 Å². The zero-order chi connectivity index (χ0) is 56.1. The zero-order valence-corrected chi connectivity index (χ0v) is 49.2. The van der Waals surface area contributed by atoms with Gasteiger partial charge in [-0.2, -0.15) is 0 Å². The van der Waals surface area contributed by atoms with Gasteiger partial charge in [-0.1, -0.05) is 217 Å². The van der Waals surface area contributed by atoms with Crippen LogP contribution < -0.4 is 0 Å². The normalized spacial score (nSPS) is 18.3. The molecule has 1 aliphatic rings. The van der Waals surface area contributed by atoms with E-state index in [0.29, 0.717) is 19.3 Å². The van der Waals surface area contributed by atoms with Crippen molar-refractivity contribution in [3.8, 4) is 0 Å². The van der Waals surface area contributed by atoms with Crippen LogP contribution in [-0.4, -0.2) is 89.2 Å². The van der Waals surface area contributed by atoms with E-state index in [0.717, 1.165) is 103 Å². The van der Waals surface area contributed by atoms with Crippen LogP contribution in [0.15, 0.2) is 48.6 Å². The molecule has 446 valence electrons. The van der Waals surface area contributed by atoms with Crippen molar-refractivity contribution >= 4 is 23.9 Å². The van der Waals surface area contributed by atoms with Gasteiger partial charge < -0.3 is 39.0 Å². The highest BCUT2D eigenvalue weighted by molar-refractivity contribution is 5.74. The fourth-order valence-electron chi connectivity index (χ4n) is 9.45. The van der Waals surface area contributed by atoms with Crippen molar-refractivity contribution in [2.45, 2.75) is 327 Å². The molecule has 1 fully saturated rings. The first-order chi connectivity index (χ1) is 37.6. The van der Waals surface area contributed by atoms with E-state index in [1.165, 1.54) is 128 Å². The summed E-state index contributed by atoms with van der Waals surface area (Å²) in [5.41, 5.74) is 0. The third kappa shape index (κ3) is 43.2. The van der Waals surface area contributed by atoms with Gasteiger partial charge in [0, 0.05) is 19.3 Å². The second kappa shape index (κ2) is 53.3. The minimum atomic E-state index is -1.91. The van der Waals surface area contributed by atoms with Crippen molar-refractivity contribution in [1.29, 1.82) is 0 Å². The molecule has 12 heteroatoms. The first-order valence-electron chi connectivity index (χ1n) is 31.6. The van der Waals surface area contributed by atoms with Gasteiger partial charge in [-0.15, -0.1) is 0 Å². The Balaban J connectivity index is 2.66. The summed E-state index contributed by atoms with van der Waals surface area (Å²) in [4.78, 5) is 51.2. The predicted octanol–water partition coefficient (Wildman–Crippen LogP) is 16.6. The van der Waals surface area contributed by atoms with Crippen LogP contribution in [-0.2, 0) is 42.9 Å². The Kier molecular flexibility index (Phi) is 49.7. The number of ether oxygens (including phenoxy) is 5. The van der Waals surface area contributed by atoms with Crippen molar-refractivity contribution in [3.63, 3.8) is 0 Å². The smallest absolute Gasteiger partial charge is 0.335 e. The summed E-state index contributed by atoms with van der Waals surface area (Å²) in [7, 11) is 0. The van der Waals surface area contributed by atoms with Gasteiger partial charge in [0.1, 0.15) is 18.8 Å². The minimum Gasteiger partial charge on any atom is -0.479 e. The Bertz CT molecular complexity index is 1520. The van der Waals surface area contributed by atoms with E-state index in [-0.39, 0.29) is 25.9 Å². The molecular weight excluding hydrogens is 973 g/mol. The molecule has 0 bridgehead atoms. The number of aliphatic hydroxyl groups is 2. The topological polar surface area (TPSA) is 175 Å². The van der Waals surface area contributed by atoms with Crippen LogP contribution in [0.4, 0.5) is 0 Å². The Labute approximate surface area is 469 Å². The fraction of sp³-hybridized carbons (Fsp3) is 0.815. The van der Waals surface area contributed by atoms with Crippen LogP contribution in [0.5, 0.6) is 0 Å². The van der Waals surface area contributed by atoms with Gasteiger partial charge in [-0.3, -0.25) is 14.4 Å². The van der Waals surface area contributed by atoms with E-state index in [9.17, 15) is 34.5 Å². The Morgan fingerprint density at radius 2 is 0.779 bits per heavy atom. The average Bonchev–Trinajstić information content (AvgIpc) is 3.42. The van der Waals surface area contributed by atoms with Gasteiger partial charge in [-0.05, 0) is 103 Å². The van der Waals surface area contributed by atoms with Crippen LogP contribution in [0.1, 0.15) is 290 Å². The molecule has 0 amide bonds. The van der Waals surface area contributed by atoms with Gasteiger partial charge in [0.25, 0.3) is 0 Å². The van der Waals surface area contributed by atoms with Crippen molar-refractivity contribution in [2.75, 3.05) is 13.2 Å². The third-order valence-corrected chi connectivity index (χ3v) is 14.3. The van der Waals surface area contributed by atoms with E-state index >= 15 is 0 Å². The van der Waals surface area contributed by atoms with Crippen LogP contribution in [0.2, 0.25) is 0 Å². The molecule has 1 rings (SSSR count). The lowest BCUT2D eigenvalue weighted by molar-refractivity contribution is -0.301. The van der Waals surface area contributed by atoms with Crippen molar-refractivity contribution in [1.82, 2.24) is 0 Å². The summed E-state index contributed by atoms with van der Waals surface area (Å²) in [6.45, 7) is 5.96. The number of carboxylic acids is 1. The van der Waals surface area contributed by atoms with E-state index in [1.54, 1.807) is 0 Å². The number of esters is 3. The van der Waals surface area contributed by atoms with E-state index in [1.807, 2.05) is 0 Å². The molecular formula is C65H114O12. The van der Waals surface area contributed by atoms with Crippen molar-refractivity contribution in [3.05, 3.63) is 48.6 Å². The average molecular weight is 1090 g/mol. The summed E-state index contributed by atoms with van der Waals surface area (Å²) in [5.74, 6) is -3.13. The van der Waals surface area contributed by atoms with Crippen molar-refractivity contribution in [2.24, 2.45) is 0 Å². The number of unbranched alkanes of at least 4 members (excludes halogenated alkanes) is 32. The highest BCUT2D eigenvalue weighted by Gasteiger charge is 2.50. The van der Waals surface area contributed by atoms with Crippen LogP contribution >= 0.6 is 0 Å². The second-order valence-electron chi connectivity index (χ2n) is 21.7. The zero-order valence-electron chi connectivity index (χ0n) is 49.2. The highest BCUT2D eigenvalue weighted by Crippen LogP contribution is 2.26. The van der Waals surface area contributed by atoms with Gasteiger partial charge in [0.2, 0.25) is 0 Å². The molecule has 0 saturated carbocycles. The van der Waals surface area contributed by atoms with Crippen LogP contribution in [0.3, 0.4) is 0 Å². The molecule has 0 aromatic carbocycles. The Morgan fingerprint density at radius 3 is 1.22 bits per heavy atom. The summed E-state index contributed by atoms with van der Waals surface area (Å²) < 4.78 is 28.5. The number of allylic oxidation sites excluding steroid dienone is 8. The number of carboxylic acid groups (broad SMARTS) is 1. The molecule has 0 aromatic rings. The number of carbonyl (C=O) groups is 4. The summed E-state index contributed by atoms with van der Waals surface area (Å²) in [6, 6.07) is 0. The maximum absolute atomic E-state index is 13.2. The summed E-state index contributed by atoms with van der Waals surface area (Å²) in [6.07, 6.45) is 52.2. The van der Waals surface area contributed by atoms with E-state index < -0.39 is 67.3 Å². The molecule has 1 heterocycles. The maximum Gasteiger partial charge on any atom is 0.335 e. The van der Waals surface area contributed by atoms with Gasteiger partial charge >= 0.3 is 23.9 Å². The van der Waals surface area contributed by atoms with Crippen LogP contribution in [0, 0.1) is 0 Å². The van der Waals surface area contributed by atoms with Crippen LogP contribution in [0.25, 0.3) is 0 Å². The third-order valence-electron chi connectivity index (χ3n) is 14.3. The summed E-state index contributed by atoms with van der Waals surface area (Å²) >= 11 is 0. The number of aliphatic carboxylic acids is 1. The SMILES string of the molecule is CCCCC/C=C\C/C=C\CCCCCCCC(=O)OC1C(OCC(COC(=O)CCCCCCCCCCC/C=C\CCCCCCCC)OC(=O)CCCCCCC/C=C\CCCCCC)OC(C(=O)O)C(O)C1O. The van der Waals surface area contributed by atoms with Crippen molar-refractivity contribution < 1.29 is 58.2 Å². The lowest BCUT2D eigenvalue weighted by atomic mass is 9.98. The Morgan fingerprint density at radius 1 is 0.429 bits per heavy atom. The standard InChI is InChI=1S/C65H114O12/c1-4-7-10-13-16-19-22-25-27-28-29-30-32-34-36-39-42-45-48-51-57(66)73-54-56(75-58(67)52-49-46-43-40-37-33-24-21-18-15-12-9-6-3)55-74-65-63(61(70)60(69)62(77-65)64(71)72)76-59(68)53-50-47-44-41-38-35-31-26-23-20-17-14-11-8-5-2/h17,20-21,24-27,31,56,60-63,65,69-70H,4-16,18-19,22-23,28-30,32-55H2,1-3H3,(H,71,72)/b20-17-,24-21-,27-25-,31-26-. The quantitative estimate of drug-likeness (QED) is 0.0228. The van der Waals surface area contributed by atoms with Gasteiger partial charge in [0.05, 0.1) is 6.61 Å². The number of hydrogen-bond acceptors (Lipinski definition) is 11. The summed E-state index contributed by atoms with van der Waals surface area (Å²) in [5, 5.41) is 31.5. The molecule has 3 N–H and O–H groups in total. The largest absolute Gasteiger partial charge is 0.479 e. The van der Waals surface area contributed by atoms with Gasteiger partial charge in [0.15, 0.2) is 24.6 Å². The molecule has 1 aliphatic heterocycles. The first-order valence-corrected chi connectivity index (χ1v) is 31.6.